The molecule has 0 spiro atoms. The van der Waals surface area contributed by atoms with Crippen molar-refractivity contribution in [1.29, 1.82) is 0 Å². The molecular weight excluding hydrogens is 322 g/mol. The van der Waals surface area contributed by atoms with Crippen LogP contribution < -0.4 is 0 Å². The van der Waals surface area contributed by atoms with Crippen LogP contribution in [0.2, 0.25) is 4.34 Å². The molecule has 3 saturated heterocycles. The van der Waals surface area contributed by atoms with E-state index in [-0.39, 0.29) is 23.9 Å². The Balaban J connectivity index is 1.49. The van der Waals surface area contributed by atoms with Crippen LogP contribution in [-0.4, -0.2) is 64.8 Å². The summed E-state index contributed by atoms with van der Waals surface area (Å²) >= 11 is 7.55. The molecule has 0 N–H and O–H groups in total. The molecule has 3 aliphatic heterocycles. The van der Waals surface area contributed by atoms with E-state index in [2.05, 4.69) is 4.90 Å². The van der Waals surface area contributed by atoms with E-state index in [0.29, 0.717) is 13.1 Å². The Hall–Kier alpha value is -1.11. The highest BCUT2D eigenvalue weighted by atomic mass is 35.5. The van der Waals surface area contributed by atoms with Gasteiger partial charge in [-0.2, -0.15) is 0 Å². The Morgan fingerprint density at radius 3 is 2.64 bits per heavy atom. The average molecular weight is 340 g/mol. The number of halogens is 1. The first-order chi connectivity index (χ1) is 10.6. The van der Waals surface area contributed by atoms with Crippen LogP contribution in [0.1, 0.15) is 17.7 Å². The van der Waals surface area contributed by atoms with E-state index in [0.717, 1.165) is 36.8 Å². The topological polar surface area (TPSA) is 43.9 Å². The number of rotatable bonds is 2. The van der Waals surface area contributed by atoms with Crippen LogP contribution in [0.4, 0.5) is 0 Å². The summed E-state index contributed by atoms with van der Waals surface area (Å²) in [4.78, 5) is 32.3. The molecule has 3 aliphatic rings. The molecule has 1 aromatic rings. The molecule has 118 valence electrons. The zero-order valence-corrected chi connectivity index (χ0v) is 13.8. The minimum Gasteiger partial charge on any atom is -0.329 e. The third kappa shape index (κ3) is 2.33. The van der Waals surface area contributed by atoms with Gasteiger partial charge in [-0.25, -0.2) is 0 Å². The van der Waals surface area contributed by atoms with Gasteiger partial charge in [0.1, 0.15) is 12.1 Å². The third-order valence-electron chi connectivity index (χ3n) is 4.86. The van der Waals surface area contributed by atoms with Gasteiger partial charge in [0.2, 0.25) is 11.8 Å². The maximum absolute atomic E-state index is 12.7. The Bertz CT molecular complexity index is 620. The maximum Gasteiger partial charge on any atom is 0.247 e. The number of hydrogen-bond donors (Lipinski definition) is 0. The van der Waals surface area contributed by atoms with E-state index in [4.69, 9.17) is 11.6 Å². The number of nitrogens with zero attached hydrogens (tertiary/aromatic N) is 3. The van der Waals surface area contributed by atoms with Crippen LogP contribution in [0.15, 0.2) is 12.1 Å². The summed E-state index contributed by atoms with van der Waals surface area (Å²) in [5.41, 5.74) is 0. The fraction of sp³-hybridized carbons (Fsp3) is 0.600. The molecule has 4 heterocycles. The molecule has 0 saturated carbocycles. The molecule has 0 aromatic carbocycles. The lowest BCUT2D eigenvalue weighted by atomic mass is 10.0. The second kappa shape index (κ2) is 5.51. The maximum atomic E-state index is 12.7. The number of carbonyl (C=O) groups excluding carboxylic acids is 2. The van der Waals surface area contributed by atoms with Crippen molar-refractivity contribution >= 4 is 34.8 Å². The summed E-state index contributed by atoms with van der Waals surface area (Å²) in [6.07, 6.45) is 1.77. The average Bonchev–Trinajstić information content (AvgIpc) is 3.14. The van der Waals surface area contributed by atoms with Crippen molar-refractivity contribution in [3.8, 4) is 0 Å². The fourth-order valence-corrected chi connectivity index (χ4v) is 4.92. The van der Waals surface area contributed by atoms with Gasteiger partial charge >= 0.3 is 0 Å². The van der Waals surface area contributed by atoms with Crippen molar-refractivity contribution in [3.05, 3.63) is 21.3 Å². The second-order valence-electron chi connectivity index (χ2n) is 6.18. The molecular formula is C15H18ClN3O2S. The van der Waals surface area contributed by atoms with Crippen molar-refractivity contribution in [2.24, 2.45) is 0 Å². The van der Waals surface area contributed by atoms with Crippen LogP contribution in [0.5, 0.6) is 0 Å². The van der Waals surface area contributed by atoms with Gasteiger partial charge in [0.25, 0.3) is 0 Å². The summed E-state index contributed by atoms with van der Waals surface area (Å²) in [7, 11) is 0. The summed E-state index contributed by atoms with van der Waals surface area (Å²) in [5.74, 6) is 0.289. The zero-order chi connectivity index (χ0) is 15.3. The van der Waals surface area contributed by atoms with E-state index in [1.165, 1.54) is 4.88 Å². The van der Waals surface area contributed by atoms with E-state index >= 15 is 0 Å². The first kappa shape index (κ1) is 14.5. The van der Waals surface area contributed by atoms with Gasteiger partial charge in [-0.15, -0.1) is 11.3 Å². The van der Waals surface area contributed by atoms with Crippen molar-refractivity contribution in [3.63, 3.8) is 0 Å². The molecule has 1 aromatic heterocycles. The summed E-state index contributed by atoms with van der Waals surface area (Å²) in [6, 6.07) is 3.45. The molecule has 0 aliphatic carbocycles. The lowest BCUT2D eigenvalue weighted by Crippen LogP contribution is -2.68. The Morgan fingerprint density at radius 1 is 1.09 bits per heavy atom. The Kier molecular flexibility index (Phi) is 3.63. The predicted octanol–water partition coefficient (Wildman–Crippen LogP) is 1.42. The Morgan fingerprint density at radius 2 is 1.86 bits per heavy atom. The molecule has 5 nitrogen and oxygen atoms in total. The van der Waals surface area contributed by atoms with Gasteiger partial charge in [0.15, 0.2) is 0 Å². The van der Waals surface area contributed by atoms with Gasteiger partial charge in [0.05, 0.1) is 4.34 Å². The highest BCUT2D eigenvalue weighted by Crippen LogP contribution is 2.30. The zero-order valence-electron chi connectivity index (χ0n) is 12.2. The molecule has 0 radical (unpaired) electrons. The van der Waals surface area contributed by atoms with Crippen LogP contribution in [-0.2, 0) is 16.1 Å². The quantitative estimate of drug-likeness (QED) is 0.818. The monoisotopic (exact) mass is 339 g/mol. The highest BCUT2D eigenvalue weighted by molar-refractivity contribution is 7.16. The molecule has 0 bridgehead atoms. The SMILES string of the molecule is O=C1[C@@H]2CCCN2C(=O)[C@H]2CN(Cc3ccc(Cl)s3)CCN12. The lowest BCUT2D eigenvalue weighted by Gasteiger charge is -2.47. The van der Waals surface area contributed by atoms with Crippen LogP contribution in [0, 0.1) is 0 Å². The minimum absolute atomic E-state index is 0.135. The van der Waals surface area contributed by atoms with Crippen LogP contribution >= 0.6 is 22.9 Å². The molecule has 4 rings (SSSR count). The summed E-state index contributed by atoms with van der Waals surface area (Å²) in [6.45, 7) is 3.63. The summed E-state index contributed by atoms with van der Waals surface area (Å²) < 4.78 is 0.789. The van der Waals surface area contributed by atoms with Crippen LogP contribution in [0.25, 0.3) is 0 Å². The molecule has 7 heteroatoms. The van der Waals surface area contributed by atoms with Crippen molar-refractivity contribution < 1.29 is 9.59 Å². The minimum atomic E-state index is -0.300. The molecule has 0 unspecified atom stereocenters. The Labute approximate surface area is 138 Å². The molecule has 3 fully saturated rings. The van der Waals surface area contributed by atoms with Gasteiger partial charge in [0, 0.05) is 37.6 Å². The number of thiophene rings is 1. The molecule has 22 heavy (non-hydrogen) atoms. The van der Waals surface area contributed by atoms with Gasteiger partial charge in [-0.1, -0.05) is 11.6 Å². The fourth-order valence-electron chi connectivity index (χ4n) is 3.79. The lowest BCUT2D eigenvalue weighted by molar-refractivity contribution is -0.163. The number of hydrogen-bond acceptors (Lipinski definition) is 4. The first-order valence-electron chi connectivity index (χ1n) is 7.71. The van der Waals surface area contributed by atoms with E-state index in [9.17, 15) is 9.59 Å². The van der Waals surface area contributed by atoms with E-state index in [1.807, 2.05) is 17.0 Å². The number of amides is 2. The first-order valence-corrected chi connectivity index (χ1v) is 8.90. The van der Waals surface area contributed by atoms with E-state index in [1.54, 1.807) is 16.2 Å². The van der Waals surface area contributed by atoms with Crippen molar-refractivity contribution in [2.75, 3.05) is 26.2 Å². The van der Waals surface area contributed by atoms with Crippen molar-refractivity contribution in [1.82, 2.24) is 14.7 Å². The number of carbonyl (C=O) groups is 2. The standard InChI is InChI=1S/C15H18ClN3O2S/c16-13-4-3-10(22-13)8-17-6-7-19-12(9-17)15(21)18-5-1-2-11(18)14(19)20/h3-4,11-12H,1-2,5-9H2/t11-,12+/m0/s1. The van der Waals surface area contributed by atoms with E-state index < -0.39 is 0 Å². The highest BCUT2D eigenvalue weighted by Gasteiger charge is 2.49. The second-order valence-corrected chi connectivity index (χ2v) is 7.98. The van der Waals surface area contributed by atoms with Crippen LogP contribution in [0.3, 0.4) is 0 Å². The van der Waals surface area contributed by atoms with Crippen molar-refractivity contribution in [2.45, 2.75) is 31.5 Å². The normalized spacial score (nSPS) is 29.0. The number of piperazine rings is 2. The molecule has 2 amide bonds. The largest absolute Gasteiger partial charge is 0.329 e. The van der Waals surface area contributed by atoms with Gasteiger partial charge in [-0.05, 0) is 25.0 Å². The summed E-state index contributed by atoms with van der Waals surface area (Å²) in [5, 5.41) is 0. The third-order valence-corrected chi connectivity index (χ3v) is 6.08. The van der Waals surface area contributed by atoms with Gasteiger partial charge < -0.3 is 9.80 Å². The van der Waals surface area contributed by atoms with Gasteiger partial charge in [-0.3, -0.25) is 14.5 Å². The number of fused-ring (bicyclic) bond motifs is 2. The molecule has 2 atom stereocenters. The smallest absolute Gasteiger partial charge is 0.247 e. The predicted molar refractivity (Wildman–Crippen MR) is 84.8 cm³/mol.